The summed E-state index contributed by atoms with van der Waals surface area (Å²) >= 11 is 18.6. The molecule has 2 aliphatic rings. The van der Waals surface area contributed by atoms with Crippen LogP contribution in [0.2, 0.25) is 15.1 Å². The second kappa shape index (κ2) is 12.1. The molecule has 2 fully saturated rings. The first-order valence-electron chi connectivity index (χ1n) is 12.6. The summed E-state index contributed by atoms with van der Waals surface area (Å²) in [5.74, 6) is -0.484. The molecular weight excluding hydrogens is 535 g/mol. The normalized spacial score (nSPS) is 23.9. The minimum absolute atomic E-state index is 0.0914. The van der Waals surface area contributed by atoms with Gasteiger partial charge < -0.3 is 14.5 Å². The number of benzene rings is 2. The molecule has 2 amide bonds. The molecule has 0 bridgehead atoms. The van der Waals surface area contributed by atoms with Gasteiger partial charge in [-0.2, -0.15) is 0 Å². The molecule has 6 nitrogen and oxygen atoms in total. The lowest BCUT2D eigenvalue weighted by Crippen LogP contribution is -2.53. The van der Waals surface area contributed by atoms with Crippen LogP contribution in [0.15, 0.2) is 42.5 Å². The zero-order valence-electron chi connectivity index (χ0n) is 21.0. The lowest BCUT2D eigenvalue weighted by Gasteiger charge is -2.44. The molecule has 0 spiro atoms. The number of hydrogen-bond donors (Lipinski definition) is 0. The minimum Gasteiger partial charge on any atom is -0.463 e. The predicted octanol–water partition coefficient (Wildman–Crippen LogP) is 6.23. The Morgan fingerprint density at radius 1 is 0.919 bits per heavy atom. The van der Waals surface area contributed by atoms with Crippen molar-refractivity contribution in [3.63, 3.8) is 0 Å². The van der Waals surface area contributed by atoms with Gasteiger partial charge in [0.15, 0.2) is 0 Å². The van der Waals surface area contributed by atoms with E-state index in [1.165, 1.54) is 6.92 Å². The van der Waals surface area contributed by atoms with Crippen molar-refractivity contribution in [2.75, 3.05) is 20.1 Å². The van der Waals surface area contributed by atoms with E-state index in [1.807, 2.05) is 17.0 Å². The molecule has 1 heterocycles. The molecule has 1 saturated heterocycles. The summed E-state index contributed by atoms with van der Waals surface area (Å²) in [4.78, 5) is 41.8. The van der Waals surface area contributed by atoms with E-state index < -0.39 is 0 Å². The first-order chi connectivity index (χ1) is 17.6. The van der Waals surface area contributed by atoms with Crippen molar-refractivity contribution in [1.82, 2.24) is 9.80 Å². The second-order valence-electron chi connectivity index (χ2n) is 9.93. The average Bonchev–Trinajstić information content (AvgIpc) is 2.89. The lowest BCUT2D eigenvalue weighted by atomic mass is 9.82. The smallest absolute Gasteiger partial charge is 0.302 e. The number of halogens is 3. The molecule has 4 rings (SSSR count). The van der Waals surface area contributed by atoms with Gasteiger partial charge in [0.2, 0.25) is 5.91 Å². The van der Waals surface area contributed by atoms with Crippen molar-refractivity contribution >= 4 is 52.6 Å². The molecule has 0 unspecified atom stereocenters. The van der Waals surface area contributed by atoms with E-state index in [-0.39, 0.29) is 41.8 Å². The summed E-state index contributed by atoms with van der Waals surface area (Å²) in [5, 5.41) is 1.47. The van der Waals surface area contributed by atoms with Crippen molar-refractivity contribution in [3.05, 3.63) is 68.7 Å². The molecule has 0 aromatic heterocycles. The summed E-state index contributed by atoms with van der Waals surface area (Å²) in [7, 11) is 1.81. The summed E-state index contributed by atoms with van der Waals surface area (Å²) in [5.41, 5.74) is 1.49. The largest absolute Gasteiger partial charge is 0.463 e. The maximum atomic E-state index is 13.5. The van der Waals surface area contributed by atoms with Gasteiger partial charge in [0, 0.05) is 55.5 Å². The maximum absolute atomic E-state index is 13.5. The number of carbonyl (C=O) groups excluding carboxylic acids is 3. The van der Waals surface area contributed by atoms with Gasteiger partial charge in [0.05, 0.1) is 10.0 Å². The number of piperidine rings is 1. The minimum atomic E-state index is -0.279. The molecule has 1 aliphatic heterocycles. The Morgan fingerprint density at radius 2 is 1.59 bits per heavy atom. The molecule has 2 aromatic carbocycles. The zero-order chi connectivity index (χ0) is 26.7. The number of carbonyl (C=O) groups is 3. The number of amides is 2. The maximum Gasteiger partial charge on any atom is 0.302 e. The third kappa shape index (κ3) is 6.60. The zero-order valence-corrected chi connectivity index (χ0v) is 23.2. The fourth-order valence-corrected chi connectivity index (χ4v) is 5.97. The van der Waals surface area contributed by atoms with Crippen molar-refractivity contribution in [2.45, 2.75) is 57.1 Å². The number of esters is 1. The first-order valence-corrected chi connectivity index (χ1v) is 13.7. The monoisotopic (exact) mass is 564 g/mol. The molecule has 2 atom stereocenters. The van der Waals surface area contributed by atoms with Crippen LogP contribution in [0, 0.1) is 5.92 Å². The SMILES string of the molecule is CC(=O)OC1CCC(C(=O)N2CC[C@@H](N(C)C(=O)c3ccc(Cl)cc3)[C@H](c3ccc(Cl)c(Cl)c3)C2)CC1. The fraction of sp³-hybridized carbons (Fsp3) is 0.464. The molecule has 9 heteroatoms. The molecule has 0 radical (unpaired) electrons. The fourth-order valence-electron chi connectivity index (χ4n) is 5.54. The predicted molar refractivity (Wildman–Crippen MR) is 145 cm³/mol. The topological polar surface area (TPSA) is 66.9 Å². The van der Waals surface area contributed by atoms with Gasteiger partial charge in [-0.1, -0.05) is 40.9 Å². The average molecular weight is 566 g/mol. The quantitative estimate of drug-likeness (QED) is 0.403. The lowest BCUT2D eigenvalue weighted by molar-refractivity contribution is -0.149. The molecule has 1 aliphatic carbocycles. The van der Waals surface area contributed by atoms with Crippen molar-refractivity contribution in [1.29, 1.82) is 0 Å². The number of nitrogens with zero attached hydrogens (tertiary/aromatic N) is 2. The molecule has 198 valence electrons. The standard InChI is InChI=1S/C28H31Cl3N2O4/c1-17(34)37-22-10-5-19(6-11-22)28(36)33-14-13-26(23(16-33)20-7-12-24(30)25(31)15-20)32(2)27(35)18-3-8-21(29)9-4-18/h3-4,7-9,12,15,19,22-23,26H,5-6,10-11,13-14,16H2,1-2H3/t19?,22?,23-,26+/m0/s1. The van der Waals surface area contributed by atoms with Gasteiger partial charge in [-0.15, -0.1) is 0 Å². The Hall–Kier alpha value is -2.28. The van der Waals surface area contributed by atoms with Gasteiger partial charge in [-0.3, -0.25) is 14.4 Å². The molecule has 37 heavy (non-hydrogen) atoms. The highest BCUT2D eigenvalue weighted by Gasteiger charge is 2.39. The van der Waals surface area contributed by atoms with Crippen LogP contribution in [0.5, 0.6) is 0 Å². The Labute approximate surface area is 232 Å². The summed E-state index contributed by atoms with van der Waals surface area (Å²) in [6, 6.07) is 12.2. The van der Waals surface area contributed by atoms with Crippen LogP contribution in [0.4, 0.5) is 0 Å². The first kappa shape index (κ1) is 27.7. The van der Waals surface area contributed by atoms with Crippen LogP contribution in [0.1, 0.15) is 60.9 Å². The van der Waals surface area contributed by atoms with Gasteiger partial charge in [-0.25, -0.2) is 0 Å². The summed E-state index contributed by atoms with van der Waals surface area (Å²) < 4.78 is 5.33. The van der Waals surface area contributed by atoms with Crippen molar-refractivity contribution in [2.24, 2.45) is 5.92 Å². The van der Waals surface area contributed by atoms with Gasteiger partial charge in [-0.05, 0) is 74.1 Å². The van der Waals surface area contributed by atoms with Crippen molar-refractivity contribution < 1.29 is 19.1 Å². The van der Waals surface area contributed by atoms with E-state index >= 15 is 0 Å². The van der Waals surface area contributed by atoms with Crippen LogP contribution in [0.25, 0.3) is 0 Å². The van der Waals surface area contributed by atoms with E-state index in [2.05, 4.69) is 0 Å². The number of likely N-dealkylation sites (tertiary alicyclic amines) is 1. The third-order valence-electron chi connectivity index (χ3n) is 7.52. The number of hydrogen-bond acceptors (Lipinski definition) is 4. The van der Waals surface area contributed by atoms with Crippen LogP contribution >= 0.6 is 34.8 Å². The van der Waals surface area contributed by atoms with Gasteiger partial charge in [0.25, 0.3) is 5.91 Å². The molecular formula is C28H31Cl3N2O4. The van der Waals surface area contributed by atoms with E-state index in [4.69, 9.17) is 39.5 Å². The van der Waals surface area contributed by atoms with Crippen LogP contribution in [0.3, 0.4) is 0 Å². The summed E-state index contributed by atoms with van der Waals surface area (Å²) in [6.45, 7) is 2.45. The number of rotatable bonds is 5. The van der Waals surface area contributed by atoms with E-state index in [0.29, 0.717) is 65.8 Å². The second-order valence-corrected chi connectivity index (χ2v) is 11.2. The molecule has 1 saturated carbocycles. The Bertz CT molecular complexity index is 1150. The molecule has 0 N–H and O–H groups in total. The highest BCUT2D eigenvalue weighted by Crippen LogP contribution is 2.36. The van der Waals surface area contributed by atoms with E-state index in [1.54, 1.807) is 42.3 Å². The van der Waals surface area contributed by atoms with Gasteiger partial charge in [0.1, 0.15) is 6.10 Å². The molecule has 2 aromatic rings. The Morgan fingerprint density at radius 3 is 2.22 bits per heavy atom. The van der Waals surface area contributed by atoms with Crippen LogP contribution in [-0.4, -0.2) is 59.9 Å². The van der Waals surface area contributed by atoms with E-state index in [0.717, 1.165) is 5.56 Å². The Kier molecular flexibility index (Phi) is 9.04. The van der Waals surface area contributed by atoms with Crippen LogP contribution in [-0.2, 0) is 14.3 Å². The van der Waals surface area contributed by atoms with Crippen molar-refractivity contribution in [3.8, 4) is 0 Å². The third-order valence-corrected chi connectivity index (χ3v) is 8.52. The number of ether oxygens (including phenoxy) is 1. The summed E-state index contributed by atoms with van der Waals surface area (Å²) in [6.07, 6.45) is 3.31. The Balaban J connectivity index is 1.52. The highest BCUT2D eigenvalue weighted by molar-refractivity contribution is 6.42. The number of likely N-dealkylation sites (N-methyl/N-ethyl adjacent to an activating group) is 1. The van der Waals surface area contributed by atoms with E-state index in [9.17, 15) is 14.4 Å². The van der Waals surface area contributed by atoms with Crippen LogP contribution < -0.4 is 0 Å². The highest BCUT2D eigenvalue weighted by atomic mass is 35.5. The van der Waals surface area contributed by atoms with Gasteiger partial charge >= 0.3 is 5.97 Å².